The van der Waals surface area contributed by atoms with Gasteiger partial charge in [0.2, 0.25) is 11.8 Å². The first kappa shape index (κ1) is 12.3. The Morgan fingerprint density at radius 3 is 2.17 bits per heavy atom. The summed E-state index contributed by atoms with van der Waals surface area (Å²) in [7, 11) is 0. The summed E-state index contributed by atoms with van der Waals surface area (Å²) in [5.74, 6) is -2.57. The van der Waals surface area contributed by atoms with Crippen LogP contribution in [0.3, 0.4) is 0 Å². The van der Waals surface area contributed by atoms with Crippen molar-refractivity contribution in [2.75, 3.05) is 13.1 Å². The fourth-order valence-corrected chi connectivity index (χ4v) is 3.64. The van der Waals surface area contributed by atoms with E-state index in [1.54, 1.807) is 0 Å². The normalized spacial score (nSPS) is 35.8. The summed E-state index contributed by atoms with van der Waals surface area (Å²) in [6.45, 7) is 1.73. The molecule has 1 N–H and O–H groups in total. The molecule has 0 aromatic carbocycles. The lowest BCUT2D eigenvalue weighted by Crippen LogP contribution is -2.56. The molecule has 3 nitrogen and oxygen atoms in total. The van der Waals surface area contributed by atoms with Gasteiger partial charge >= 0.3 is 0 Å². The first-order valence-corrected chi connectivity index (χ1v) is 6.97. The highest BCUT2D eigenvalue weighted by molar-refractivity contribution is 5.80. The highest BCUT2D eigenvalue weighted by atomic mass is 19.3. The van der Waals surface area contributed by atoms with Gasteiger partial charge in [-0.3, -0.25) is 4.79 Å². The second-order valence-electron chi connectivity index (χ2n) is 5.92. The van der Waals surface area contributed by atoms with Crippen LogP contribution in [0.25, 0.3) is 0 Å². The molecule has 3 fully saturated rings. The van der Waals surface area contributed by atoms with Crippen LogP contribution in [0.2, 0.25) is 0 Å². The van der Waals surface area contributed by atoms with Crippen LogP contribution in [0, 0.1) is 5.92 Å². The Hall–Kier alpha value is -0.710. The summed E-state index contributed by atoms with van der Waals surface area (Å²) in [4.78, 5) is 14.5. The van der Waals surface area contributed by atoms with Gasteiger partial charge in [-0.15, -0.1) is 0 Å². The lowest BCUT2D eigenvalue weighted by molar-refractivity contribution is -0.143. The Morgan fingerprint density at radius 2 is 1.61 bits per heavy atom. The molecular weight excluding hydrogens is 238 g/mol. The van der Waals surface area contributed by atoms with E-state index in [1.807, 2.05) is 4.90 Å². The van der Waals surface area contributed by atoms with Gasteiger partial charge in [0.05, 0.1) is 0 Å². The van der Waals surface area contributed by atoms with Crippen LogP contribution in [0.15, 0.2) is 0 Å². The molecule has 1 saturated carbocycles. The quantitative estimate of drug-likeness (QED) is 0.777. The molecule has 18 heavy (non-hydrogen) atoms. The number of amides is 1. The van der Waals surface area contributed by atoms with Gasteiger partial charge in [-0.2, -0.15) is 0 Å². The lowest BCUT2D eigenvalue weighted by atomic mass is 9.85. The number of fused-ring (bicyclic) bond motifs is 2. The van der Waals surface area contributed by atoms with Crippen LogP contribution in [-0.2, 0) is 4.79 Å². The smallest absolute Gasteiger partial charge is 0.248 e. The van der Waals surface area contributed by atoms with Crippen molar-refractivity contribution in [3.05, 3.63) is 0 Å². The van der Waals surface area contributed by atoms with Gasteiger partial charge in [0.25, 0.3) is 0 Å². The number of halogens is 2. The van der Waals surface area contributed by atoms with Gasteiger partial charge in [0, 0.05) is 43.9 Å². The molecule has 5 heteroatoms. The number of nitrogens with zero attached hydrogens (tertiary/aromatic N) is 1. The van der Waals surface area contributed by atoms with Gasteiger partial charge in [0.15, 0.2) is 0 Å². The Balaban J connectivity index is 1.65. The van der Waals surface area contributed by atoms with E-state index < -0.39 is 5.92 Å². The number of carbonyl (C=O) groups excluding carboxylic acids is 1. The van der Waals surface area contributed by atoms with Crippen molar-refractivity contribution in [2.24, 2.45) is 5.92 Å². The zero-order valence-corrected chi connectivity index (χ0v) is 10.5. The predicted molar refractivity (Wildman–Crippen MR) is 63.4 cm³/mol. The molecule has 0 aromatic rings. The van der Waals surface area contributed by atoms with E-state index in [2.05, 4.69) is 5.32 Å². The van der Waals surface area contributed by atoms with E-state index in [9.17, 15) is 13.6 Å². The Labute approximate surface area is 106 Å². The molecule has 2 saturated heterocycles. The van der Waals surface area contributed by atoms with Crippen molar-refractivity contribution >= 4 is 5.91 Å². The van der Waals surface area contributed by atoms with Crippen LogP contribution < -0.4 is 5.32 Å². The molecule has 2 bridgehead atoms. The summed E-state index contributed by atoms with van der Waals surface area (Å²) in [6.07, 6.45) is 2.60. The van der Waals surface area contributed by atoms with Crippen molar-refractivity contribution in [2.45, 2.75) is 56.5 Å². The van der Waals surface area contributed by atoms with Crippen molar-refractivity contribution in [1.82, 2.24) is 10.2 Å². The van der Waals surface area contributed by atoms with E-state index in [-0.39, 0.29) is 24.7 Å². The van der Waals surface area contributed by atoms with Gasteiger partial charge in [0.1, 0.15) is 0 Å². The van der Waals surface area contributed by atoms with Gasteiger partial charge in [-0.1, -0.05) is 0 Å². The van der Waals surface area contributed by atoms with Crippen LogP contribution >= 0.6 is 0 Å². The molecule has 1 aliphatic carbocycles. The maximum Gasteiger partial charge on any atom is 0.248 e. The maximum atomic E-state index is 13.1. The van der Waals surface area contributed by atoms with Crippen LogP contribution in [0.1, 0.15) is 38.5 Å². The fraction of sp³-hybridized carbons (Fsp3) is 0.923. The third-order valence-electron chi connectivity index (χ3n) is 4.70. The van der Waals surface area contributed by atoms with Gasteiger partial charge in [-0.05, 0) is 25.7 Å². The topological polar surface area (TPSA) is 32.3 Å². The molecule has 2 heterocycles. The zero-order chi connectivity index (χ0) is 12.8. The number of alkyl halides is 2. The summed E-state index contributed by atoms with van der Waals surface area (Å²) in [5.41, 5.74) is 0. The monoisotopic (exact) mass is 258 g/mol. The molecule has 0 aromatic heterocycles. The van der Waals surface area contributed by atoms with E-state index in [0.717, 1.165) is 25.9 Å². The number of carbonyl (C=O) groups is 1. The van der Waals surface area contributed by atoms with Crippen molar-refractivity contribution in [3.63, 3.8) is 0 Å². The first-order valence-electron chi connectivity index (χ1n) is 6.97. The fourth-order valence-electron chi connectivity index (χ4n) is 3.64. The van der Waals surface area contributed by atoms with Crippen molar-refractivity contribution in [3.8, 4) is 0 Å². The standard InChI is InChI=1S/C13H20F2N2O/c14-13(15)5-3-9(4-6-13)12(18)17-10-1-2-11(17)8-16-7-10/h9-11,16H,1-8H2. The number of rotatable bonds is 1. The molecule has 2 atom stereocenters. The van der Waals surface area contributed by atoms with E-state index in [1.165, 1.54) is 0 Å². The van der Waals surface area contributed by atoms with Gasteiger partial charge in [-0.25, -0.2) is 8.78 Å². The molecule has 3 rings (SSSR count). The summed E-state index contributed by atoms with van der Waals surface area (Å²) >= 11 is 0. The van der Waals surface area contributed by atoms with Crippen molar-refractivity contribution < 1.29 is 13.6 Å². The minimum atomic E-state index is -2.54. The third kappa shape index (κ3) is 2.13. The number of piperazine rings is 1. The third-order valence-corrected chi connectivity index (χ3v) is 4.70. The minimum Gasteiger partial charge on any atom is -0.334 e. The molecule has 102 valence electrons. The number of hydrogen-bond acceptors (Lipinski definition) is 2. The molecular formula is C13H20F2N2O. The first-order chi connectivity index (χ1) is 8.57. The average molecular weight is 258 g/mol. The van der Waals surface area contributed by atoms with E-state index in [0.29, 0.717) is 24.9 Å². The molecule has 0 spiro atoms. The summed E-state index contributed by atoms with van der Waals surface area (Å²) in [6, 6.07) is 0.609. The van der Waals surface area contributed by atoms with Crippen molar-refractivity contribution in [1.29, 1.82) is 0 Å². The molecule has 0 radical (unpaired) electrons. The second-order valence-corrected chi connectivity index (χ2v) is 5.92. The molecule has 1 amide bonds. The second kappa shape index (κ2) is 4.44. The SMILES string of the molecule is O=C(C1CCC(F)(F)CC1)N1C2CCC1CNC2. The number of hydrogen-bond donors (Lipinski definition) is 1. The Kier molecular flexibility index (Phi) is 3.04. The van der Waals surface area contributed by atoms with Crippen LogP contribution in [0.5, 0.6) is 0 Å². The summed E-state index contributed by atoms with van der Waals surface area (Å²) < 4.78 is 26.2. The molecule has 2 unspecified atom stereocenters. The Bertz CT molecular complexity index is 322. The minimum absolute atomic E-state index is 0.120. The predicted octanol–water partition coefficient (Wildman–Crippen LogP) is 1.77. The Morgan fingerprint density at radius 1 is 1.06 bits per heavy atom. The maximum absolute atomic E-state index is 13.1. The van der Waals surface area contributed by atoms with E-state index >= 15 is 0 Å². The highest BCUT2D eigenvalue weighted by Gasteiger charge is 2.44. The van der Waals surface area contributed by atoms with Crippen LogP contribution in [0.4, 0.5) is 8.78 Å². The highest BCUT2D eigenvalue weighted by Crippen LogP contribution is 2.38. The zero-order valence-electron chi connectivity index (χ0n) is 10.5. The molecule has 3 aliphatic rings. The van der Waals surface area contributed by atoms with Gasteiger partial charge < -0.3 is 10.2 Å². The molecule has 2 aliphatic heterocycles. The largest absolute Gasteiger partial charge is 0.334 e. The number of nitrogens with one attached hydrogen (secondary N) is 1. The average Bonchev–Trinajstić information content (AvgIpc) is 2.58. The lowest BCUT2D eigenvalue weighted by Gasteiger charge is -2.39. The van der Waals surface area contributed by atoms with Crippen LogP contribution in [-0.4, -0.2) is 41.9 Å². The van der Waals surface area contributed by atoms with E-state index in [4.69, 9.17) is 0 Å². The summed E-state index contributed by atoms with van der Waals surface area (Å²) in [5, 5.41) is 3.33.